The van der Waals surface area contributed by atoms with E-state index in [1.807, 2.05) is 12.1 Å². The van der Waals surface area contributed by atoms with E-state index in [0.29, 0.717) is 5.92 Å². The van der Waals surface area contributed by atoms with Crippen molar-refractivity contribution in [1.29, 1.82) is 0 Å². The maximum Gasteiger partial charge on any atom is 0.123 e. The summed E-state index contributed by atoms with van der Waals surface area (Å²) in [5, 5.41) is 1.02. The van der Waals surface area contributed by atoms with Gasteiger partial charge in [-0.3, -0.25) is 0 Å². The van der Waals surface area contributed by atoms with E-state index in [1.165, 1.54) is 17.7 Å². The summed E-state index contributed by atoms with van der Waals surface area (Å²) in [5.74, 6) is 0.338. The van der Waals surface area contributed by atoms with E-state index < -0.39 is 0 Å². The summed E-state index contributed by atoms with van der Waals surface area (Å²) in [5.41, 5.74) is 1.20. The van der Waals surface area contributed by atoms with Crippen molar-refractivity contribution < 1.29 is 4.39 Å². The standard InChI is InChI=1S/C9H10F.Al/c1-7(2)8-3-5-9(10)6-4-8;/h3-7H,1H2,2H3;. The van der Waals surface area contributed by atoms with Crippen molar-refractivity contribution in [3.63, 3.8) is 0 Å². The van der Waals surface area contributed by atoms with Crippen molar-refractivity contribution in [2.45, 2.75) is 18.1 Å². The minimum absolute atomic E-state index is 0.162. The lowest BCUT2D eigenvalue weighted by atomic mass is 10.0. The number of halogens is 1. The Kier molecular flexibility index (Phi) is 3.11. The molecule has 56 valence electrons. The fourth-order valence-electron chi connectivity index (χ4n) is 0.927. The number of hydrogen-bond acceptors (Lipinski definition) is 0. The Balaban J connectivity index is 2.81. The zero-order chi connectivity index (χ0) is 8.27. The van der Waals surface area contributed by atoms with Crippen LogP contribution in [-0.2, 0) is 0 Å². The van der Waals surface area contributed by atoms with Crippen molar-refractivity contribution in [3.05, 3.63) is 35.6 Å². The molecular formula is C9H10AlF. The molecule has 1 atom stereocenters. The molecule has 0 N–H and O–H groups in total. The normalized spacial score (nSPS) is 12.9. The molecule has 2 heteroatoms. The van der Waals surface area contributed by atoms with Crippen LogP contribution in [0.3, 0.4) is 0 Å². The summed E-state index contributed by atoms with van der Waals surface area (Å²) < 4.78 is 12.4. The molecule has 0 aliphatic heterocycles. The van der Waals surface area contributed by atoms with Gasteiger partial charge in [-0.25, -0.2) is 4.39 Å². The van der Waals surface area contributed by atoms with Gasteiger partial charge in [0, 0.05) is 0 Å². The first-order valence-corrected chi connectivity index (χ1v) is 4.51. The molecule has 1 rings (SSSR count). The zero-order valence-corrected chi connectivity index (χ0v) is 7.70. The van der Waals surface area contributed by atoms with Gasteiger partial charge in [-0.1, -0.05) is 19.1 Å². The largest absolute Gasteiger partial charge is 0.207 e. The summed E-state index contributed by atoms with van der Waals surface area (Å²) in [6.45, 7) is 2.13. The Morgan fingerprint density at radius 3 is 2.36 bits per heavy atom. The Bertz CT molecular complexity index is 218. The molecule has 0 fully saturated rings. The minimum Gasteiger partial charge on any atom is -0.207 e. The lowest BCUT2D eigenvalue weighted by Crippen LogP contribution is -1.91. The van der Waals surface area contributed by atoms with Crippen LogP contribution in [0.25, 0.3) is 0 Å². The van der Waals surface area contributed by atoms with Crippen molar-refractivity contribution >= 4 is 16.3 Å². The van der Waals surface area contributed by atoms with E-state index in [4.69, 9.17) is 0 Å². The monoisotopic (exact) mass is 164 g/mol. The van der Waals surface area contributed by atoms with Gasteiger partial charge in [0.05, 0.1) is 0 Å². The molecule has 0 bridgehead atoms. The molecule has 0 spiro atoms. The van der Waals surface area contributed by atoms with Gasteiger partial charge in [0.1, 0.15) is 22.1 Å². The van der Waals surface area contributed by atoms with Crippen LogP contribution >= 0.6 is 0 Å². The molecule has 11 heavy (non-hydrogen) atoms. The van der Waals surface area contributed by atoms with E-state index in [1.54, 1.807) is 0 Å². The molecule has 0 aliphatic rings. The van der Waals surface area contributed by atoms with E-state index in [9.17, 15) is 4.39 Å². The summed E-state index contributed by atoms with van der Waals surface area (Å²) in [4.78, 5) is 0. The van der Waals surface area contributed by atoms with Gasteiger partial charge in [-0.2, -0.15) is 0 Å². The summed E-state index contributed by atoms with van der Waals surface area (Å²) >= 11 is 2.69. The average molecular weight is 164 g/mol. The van der Waals surface area contributed by atoms with E-state index in [-0.39, 0.29) is 5.82 Å². The van der Waals surface area contributed by atoms with Gasteiger partial charge in [-0.05, 0) is 23.6 Å². The third-order valence-electron chi connectivity index (χ3n) is 1.79. The van der Waals surface area contributed by atoms with Crippen molar-refractivity contribution in [2.75, 3.05) is 0 Å². The van der Waals surface area contributed by atoms with Crippen LogP contribution in [0.5, 0.6) is 0 Å². The van der Waals surface area contributed by atoms with Crippen molar-refractivity contribution in [1.82, 2.24) is 0 Å². The highest BCUT2D eigenvalue weighted by Crippen LogP contribution is 2.17. The van der Waals surface area contributed by atoms with E-state index >= 15 is 0 Å². The minimum atomic E-state index is -0.162. The van der Waals surface area contributed by atoms with Gasteiger partial charge >= 0.3 is 0 Å². The molecule has 0 aromatic heterocycles. The summed E-state index contributed by atoms with van der Waals surface area (Å²) in [6.07, 6.45) is 0. The third kappa shape index (κ3) is 2.32. The van der Waals surface area contributed by atoms with Crippen LogP contribution in [0.2, 0.25) is 5.28 Å². The average Bonchev–Trinajstić information content (AvgIpc) is 2.05. The second-order valence-corrected chi connectivity index (χ2v) is 3.16. The maximum absolute atomic E-state index is 12.4. The molecule has 1 aromatic rings. The van der Waals surface area contributed by atoms with Gasteiger partial charge in [0.25, 0.3) is 0 Å². The van der Waals surface area contributed by atoms with Crippen LogP contribution in [0.1, 0.15) is 18.4 Å². The highest BCUT2D eigenvalue weighted by Gasteiger charge is 2.00. The topological polar surface area (TPSA) is 0 Å². The Morgan fingerprint density at radius 1 is 1.36 bits per heavy atom. The SMILES string of the molecule is CC([CH2][Al])c1ccc(F)cc1. The first-order valence-electron chi connectivity index (χ1n) is 3.69. The van der Waals surface area contributed by atoms with E-state index in [2.05, 4.69) is 23.2 Å². The van der Waals surface area contributed by atoms with Crippen LogP contribution in [0, 0.1) is 5.82 Å². The first-order chi connectivity index (χ1) is 5.24. The Hall–Kier alpha value is -0.318. The molecule has 0 amide bonds. The van der Waals surface area contributed by atoms with Crippen LogP contribution in [0.15, 0.2) is 24.3 Å². The number of rotatable bonds is 2. The van der Waals surface area contributed by atoms with Gasteiger partial charge < -0.3 is 0 Å². The number of hydrogen-bond donors (Lipinski definition) is 0. The maximum atomic E-state index is 12.4. The van der Waals surface area contributed by atoms with Crippen LogP contribution < -0.4 is 0 Å². The molecule has 1 aromatic carbocycles. The van der Waals surface area contributed by atoms with Crippen molar-refractivity contribution in [2.24, 2.45) is 0 Å². The quantitative estimate of drug-likeness (QED) is 0.589. The molecule has 0 saturated heterocycles. The molecule has 0 heterocycles. The van der Waals surface area contributed by atoms with Gasteiger partial charge in [0.2, 0.25) is 0 Å². The highest BCUT2D eigenvalue weighted by atomic mass is 27.0. The smallest absolute Gasteiger partial charge is 0.123 e. The van der Waals surface area contributed by atoms with Crippen LogP contribution in [0.4, 0.5) is 4.39 Å². The lowest BCUT2D eigenvalue weighted by Gasteiger charge is -2.07. The second-order valence-electron chi connectivity index (χ2n) is 2.69. The Labute approximate surface area is 74.9 Å². The molecule has 2 radical (unpaired) electrons. The van der Waals surface area contributed by atoms with Crippen molar-refractivity contribution in [3.8, 4) is 0 Å². The third-order valence-corrected chi connectivity index (χ3v) is 2.50. The summed E-state index contributed by atoms with van der Waals surface area (Å²) in [6, 6.07) is 6.69. The predicted molar refractivity (Wildman–Crippen MR) is 45.4 cm³/mol. The fourth-order valence-corrected chi connectivity index (χ4v) is 1.20. The van der Waals surface area contributed by atoms with Crippen LogP contribution in [-0.4, -0.2) is 16.3 Å². The lowest BCUT2D eigenvalue weighted by molar-refractivity contribution is 0.626. The zero-order valence-electron chi connectivity index (χ0n) is 6.55. The Morgan fingerprint density at radius 2 is 1.91 bits per heavy atom. The summed E-state index contributed by atoms with van der Waals surface area (Å²) in [7, 11) is 0. The fraction of sp³-hybridized carbons (Fsp3) is 0.333. The molecule has 1 unspecified atom stereocenters. The molecule has 0 nitrogen and oxygen atoms in total. The second kappa shape index (κ2) is 3.90. The molecule has 0 saturated carbocycles. The highest BCUT2D eigenvalue weighted by molar-refractivity contribution is 6.09. The van der Waals surface area contributed by atoms with Gasteiger partial charge in [0.15, 0.2) is 0 Å². The van der Waals surface area contributed by atoms with Gasteiger partial charge in [-0.15, -0.1) is 5.28 Å². The molecule has 0 aliphatic carbocycles. The first kappa shape index (κ1) is 8.78. The predicted octanol–water partition coefficient (Wildman–Crippen LogP) is 2.52. The van der Waals surface area contributed by atoms with E-state index in [0.717, 1.165) is 5.28 Å². The molecular weight excluding hydrogens is 154 g/mol. The number of benzene rings is 1.